The Bertz CT molecular complexity index is 1820. The summed E-state index contributed by atoms with van der Waals surface area (Å²) in [5, 5.41) is 6.33. The number of rotatable bonds is 7. The molecule has 5 rings (SSSR count). The minimum atomic E-state index is -4.77. The van der Waals surface area contributed by atoms with E-state index in [1.165, 1.54) is 42.7 Å². The van der Waals surface area contributed by atoms with E-state index in [0.717, 1.165) is 17.8 Å². The van der Waals surface area contributed by atoms with Crippen molar-refractivity contribution in [1.82, 2.24) is 24.6 Å². The van der Waals surface area contributed by atoms with Crippen LogP contribution in [0.4, 0.5) is 24.8 Å². The zero-order chi connectivity index (χ0) is 29.4. The number of nitrogens with zero attached hydrogens (tertiary/aromatic N) is 5. The van der Waals surface area contributed by atoms with Gasteiger partial charge in [0.1, 0.15) is 5.56 Å². The number of hydrogen-bond acceptors (Lipinski definition) is 7. The van der Waals surface area contributed by atoms with Gasteiger partial charge in [-0.25, -0.2) is 32.6 Å². The fraction of sp³-hybridized carbons (Fsp3) is 0.148. The molecular weight excluding hydrogens is 559 g/mol. The number of benzene rings is 2. The van der Waals surface area contributed by atoms with Gasteiger partial charge in [-0.05, 0) is 47.9 Å². The van der Waals surface area contributed by atoms with Gasteiger partial charge in [-0.1, -0.05) is 38.1 Å². The lowest BCUT2D eigenvalue weighted by atomic mass is 10.0. The van der Waals surface area contributed by atoms with Crippen molar-refractivity contribution < 1.29 is 26.4 Å². The highest BCUT2D eigenvalue weighted by Crippen LogP contribution is 2.33. The van der Waals surface area contributed by atoms with Crippen LogP contribution < -0.4 is 10.0 Å². The molecular formula is C27H22F3N7O3S. The SMILES string of the molecule is CC(C)c1ccc(-c2cc(C(F)(F)F)n3ncc(C(=O)Nc4ccc(S(=O)(=O)Nc5ncccn5)cc4)c3n2)cc1. The molecule has 2 aromatic carbocycles. The smallest absolute Gasteiger partial charge is 0.322 e. The second-order valence-corrected chi connectivity index (χ2v) is 10.9. The Labute approximate surface area is 232 Å². The maximum atomic E-state index is 14.0. The largest absolute Gasteiger partial charge is 0.433 e. The van der Waals surface area contributed by atoms with Crippen LogP contribution in [0.3, 0.4) is 0 Å². The van der Waals surface area contributed by atoms with Gasteiger partial charge in [0.05, 0.1) is 16.8 Å². The minimum Gasteiger partial charge on any atom is -0.322 e. The van der Waals surface area contributed by atoms with Gasteiger partial charge < -0.3 is 5.32 Å². The van der Waals surface area contributed by atoms with Crippen LogP contribution in [0.25, 0.3) is 16.9 Å². The highest BCUT2D eigenvalue weighted by atomic mass is 32.2. The summed E-state index contributed by atoms with van der Waals surface area (Å²) < 4.78 is 69.9. The van der Waals surface area contributed by atoms with E-state index in [0.29, 0.717) is 10.1 Å². The lowest BCUT2D eigenvalue weighted by Gasteiger charge is -2.12. The van der Waals surface area contributed by atoms with Crippen LogP contribution in [0.2, 0.25) is 0 Å². The summed E-state index contributed by atoms with van der Waals surface area (Å²) in [6.07, 6.45) is -1.02. The topological polar surface area (TPSA) is 131 Å². The number of carbonyl (C=O) groups is 1. The van der Waals surface area contributed by atoms with E-state index in [1.807, 2.05) is 26.0 Å². The maximum Gasteiger partial charge on any atom is 0.433 e. The predicted octanol–water partition coefficient (Wildman–Crippen LogP) is 5.38. The summed E-state index contributed by atoms with van der Waals surface area (Å²) in [5.41, 5.74) is 0.107. The number of alkyl halides is 3. The number of sulfonamides is 1. The van der Waals surface area contributed by atoms with Crippen molar-refractivity contribution in [2.45, 2.75) is 30.8 Å². The molecule has 0 spiro atoms. The van der Waals surface area contributed by atoms with E-state index in [4.69, 9.17) is 0 Å². The normalized spacial score (nSPS) is 12.0. The first kappa shape index (κ1) is 27.7. The number of carbonyl (C=O) groups excluding carboxylic acids is 1. The Morgan fingerprint density at radius 3 is 2.24 bits per heavy atom. The first-order valence-electron chi connectivity index (χ1n) is 12.2. The molecule has 0 atom stereocenters. The molecule has 14 heteroatoms. The van der Waals surface area contributed by atoms with Gasteiger partial charge in [-0.3, -0.25) is 4.79 Å². The fourth-order valence-corrected chi connectivity index (χ4v) is 4.92. The molecule has 0 aliphatic heterocycles. The van der Waals surface area contributed by atoms with E-state index in [1.54, 1.807) is 12.1 Å². The van der Waals surface area contributed by atoms with Crippen molar-refractivity contribution in [2.24, 2.45) is 0 Å². The van der Waals surface area contributed by atoms with E-state index >= 15 is 0 Å². The molecule has 0 fully saturated rings. The predicted molar refractivity (Wildman–Crippen MR) is 145 cm³/mol. The molecule has 0 saturated heterocycles. The molecule has 0 saturated carbocycles. The van der Waals surface area contributed by atoms with Crippen molar-refractivity contribution in [1.29, 1.82) is 0 Å². The quantitative estimate of drug-likeness (QED) is 0.264. The average Bonchev–Trinajstić information content (AvgIpc) is 3.37. The van der Waals surface area contributed by atoms with Crippen LogP contribution in [-0.4, -0.2) is 38.9 Å². The van der Waals surface area contributed by atoms with Crippen LogP contribution in [0.5, 0.6) is 0 Å². The van der Waals surface area contributed by atoms with Crippen molar-refractivity contribution in [3.63, 3.8) is 0 Å². The Morgan fingerprint density at radius 1 is 0.976 bits per heavy atom. The molecule has 0 unspecified atom stereocenters. The summed E-state index contributed by atoms with van der Waals surface area (Å²) in [6.45, 7) is 4.00. The molecule has 2 N–H and O–H groups in total. The molecule has 0 radical (unpaired) electrons. The molecule has 0 aliphatic carbocycles. The second-order valence-electron chi connectivity index (χ2n) is 9.25. The fourth-order valence-electron chi connectivity index (χ4n) is 3.96. The lowest BCUT2D eigenvalue weighted by Crippen LogP contribution is -2.16. The highest BCUT2D eigenvalue weighted by molar-refractivity contribution is 7.92. The molecule has 0 aliphatic rings. The highest BCUT2D eigenvalue weighted by Gasteiger charge is 2.36. The summed E-state index contributed by atoms with van der Waals surface area (Å²) in [7, 11) is -4.01. The molecule has 41 heavy (non-hydrogen) atoms. The van der Waals surface area contributed by atoms with E-state index < -0.39 is 27.8 Å². The Hall–Kier alpha value is -4.85. The zero-order valence-electron chi connectivity index (χ0n) is 21.6. The number of anilines is 2. The van der Waals surface area contributed by atoms with Crippen LogP contribution in [-0.2, 0) is 16.2 Å². The Balaban J connectivity index is 1.44. The number of amides is 1. The third kappa shape index (κ3) is 5.87. The molecule has 5 aromatic rings. The zero-order valence-corrected chi connectivity index (χ0v) is 22.4. The standard InChI is InChI=1S/C27H22F3N7O3S/c1-16(2)17-4-6-18(7-5-17)22-14-23(27(28,29)30)37-24(35-22)21(15-33-37)25(38)34-19-8-10-20(11-9-19)41(39,40)36-26-31-12-3-13-32-26/h3-16H,1-2H3,(H,34,38)(H,31,32,36). The van der Waals surface area contributed by atoms with E-state index in [9.17, 15) is 26.4 Å². The van der Waals surface area contributed by atoms with Gasteiger partial charge in [0.15, 0.2) is 11.3 Å². The lowest BCUT2D eigenvalue weighted by molar-refractivity contribution is -0.142. The van der Waals surface area contributed by atoms with Crippen LogP contribution in [0.1, 0.15) is 41.4 Å². The van der Waals surface area contributed by atoms with E-state index in [-0.39, 0.29) is 39.4 Å². The van der Waals surface area contributed by atoms with Gasteiger partial charge >= 0.3 is 6.18 Å². The molecule has 3 heterocycles. The molecule has 10 nitrogen and oxygen atoms in total. The van der Waals surface area contributed by atoms with Gasteiger partial charge in [0.2, 0.25) is 5.95 Å². The summed E-state index contributed by atoms with van der Waals surface area (Å²) in [6, 6.07) is 14.6. The van der Waals surface area contributed by atoms with Gasteiger partial charge in [0.25, 0.3) is 15.9 Å². The number of hydrogen-bond donors (Lipinski definition) is 2. The summed E-state index contributed by atoms with van der Waals surface area (Å²) in [5.74, 6) is -0.656. The molecule has 3 aromatic heterocycles. The minimum absolute atomic E-state index is 0.0270. The van der Waals surface area contributed by atoms with Gasteiger partial charge in [0, 0.05) is 23.6 Å². The third-order valence-corrected chi connectivity index (χ3v) is 7.44. The van der Waals surface area contributed by atoms with Gasteiger partial charge in [-0.2, -0.15) is 18.3 Å². The Morgan fingerprint density at radius 2 is 1.63 bits per heavy atom. The summed E-state index contributed by atoms with van der Waals surface area (Å²) >= 11 is 0. The Kier molecular flexibility index (Phi) is 7.17. The van der Waals surface area contributed by atoms with Crippen LogP contribution >= 0.6 is 0 Å². The third-order valence-electron chi connectivity index (χ3n) is 6.09. The summed E-state index contributed by atoms with van der Waals surface area (Å²) in [4.78, 5) is 25.0. The van der Waals surface area contributed by atoms with E-state index in [2.05, 4.69) is 30.1 Å². The number of aromatic nitrogens is 5. The number of fused-ring (bicyclic) bond motifs is 1. The van der Waals surface area contributed by atoms with Crippen molar-refractivity contribution in [3.8, 4) is 11.3 Å². The number of halogens is 3. The second kappa shape index (κ2) is 10.6. The van der Waals surface area contributed by atoms with Crippen LogP contribution in [0, 0.1) is 0 Å². The van der Waals surface area contributed by atoms with Crippen molar-refractivity contribution in [3.05, 3.63) is 96.1 Å². The van der Waals surface area contributed by atoms with Gasteiger partial charge in [-0.15, -0.1) is 0 Å². The monoisotopic (exact) mass is 581 g/mol. The first-order chi connectivity index (χ1) is 19.4. The molecule has 0 bridgehead atoms. The van der Waals surface area contributed by atoms with Crippen molar-refractivity contribution >= 4 is 33.2 Å². The molecule has 210 valence electrons. The number of nitrogens with one attached hydrogen (secondary N) is 2. The maximum absolute atomic E-state index is 14.0. The van der Waals surface area contributed by atoms with Crippen molar-refractivity contribution in [2.75, 3.05) is 10.0 Å². The average molecular weight is 582 g/mol. The molecule has 1 amide bonds. The first-order valence-corrected chi connectivity index (χ1v) is 13.7. The van der Waals surface area contributed by atoms with Crippen LogP contribution in [0.15, 0.2) is 84.1 Å².